The number of carbonyl (C=O) groups excluding carboxylic acids is 1. The van der Waals surface area contributed by atoms with Gasteiger partial charge in [-0.05, 0) is 12.3 Å². The van der Waals surface area contributed by atoms with Crippen molar-refractivity contribution in [3.63, 3.8) is 0 Å². The van der Waals surface area contributed by atoms with E-state index in [2.05, 4.69) is 5.32 Å². The molecule has 2 amide bonds. The smallest absolute Gasteiger partial charge is 0.326 e. The van der Waals surface area contributed by atoms with Crippen molar-refractivity contribution in [1.29, 1.82) is 0 Å². The van der Waals surface area contributed by atoms with Gasteiger partial charge in [0.1, 0.15) is 6.04 Å². The first kappa shape index (κ1) is 16.2. The van der Waals surface area contributed by atoms with Crippen LogP contribution in [0.4, 0.5) is 4.79 Å². The molecule has 0 aliphatic rings. The van der Waals surface area contributed by atoms with Gasteiger partial charge in [0.05, 0.1) is 6.42 Å². The zero-order valence-electron chi connectivity index (χ0n) is 10.8. The monoisotopic (exact) mass is 260 g/mol. The summed E-state index contributed by atoms with van der Waals surface area (Å²) in [6, 6.07) is -1.99. The van der Waals surface area contributed by atoms with E-state index in [1.54, 1.807) is 0 Å². The molecule has 0 aliphatic carbocycles. The van der Waals surface area contributed by atoms with Gasteiger partial charge in [0.25, 0.3) is 0 Å². The van der Waals surface area contributed by atoms with Crippen molar-refractivity contribution in [2.75, 3.05) is 13.6 Å². The molecule has 0 fully saturated rings. The number of urea groups is 1. The lowest BCUT2D eigenvalue weighted by Gasteiger charge is -2.21. The first-order chi connectivity index (χ1) is 8.23. The van der Waals surface area contributed by atoms with Crippen molar-refractivity contribution in [1.82, 2.24) is 10.2 Å². The van der Waals surface area contributed by atoms with E-state index >= 15 is 0 Å². The van der Waals surface area contributed by atoms with Crippen molar-refractivity contribution in [3.8, 4) is 0 Å². The highest BCUT2D eigenvalue weighted by atomic mass is 16.4. The summed E-state index contributed by atoms with van der Waals surface area (Å²) < 4.78 is 0. The van der Waals surface area contributed by atoms with Crippen LogP contribution < -0.4 is 5.32 Å². The fourth-order valence-corrected chi connectivity index (χ4v) is 1.19. The Hall–Kier alpha value is -1.79. The summed E-state index contributed by atoms with van der Waals surface area (Å²) in [5.41, 5.74) is 0. The fourth-order valence-electron chi connectivity index (χ4n) is 1.19. The topological polar surface area (TPSA) is 107 Å². The van der Waals surface area contributed by atoms with E-state index in [4.69, 9.17) is 10.2 Å². The first-order valence-electron chi connectivity index (χ1n) is 5.70. The summed E-state index contributed by atoms with van der Waals surface area (Å²) in [6.45, 7) is 4.51. The third-order valence-electron chi connectivity index (χ3n) is 2.36. The molecule has 0 bridgehead atoms. The summed E-state index contributed by atoms with van der Waals surface area (Å²) in [7, 11) is 1.54. The minimum Gasteiger partial charge on any atom is -0.481 e. The van der Waals surface area contributed by atoms with Crippen molar-refractivity contribution < 1.29 is 24.6 Å². The second kappa shape index (κ2) is 7.52. The third kappa shape index (κ3) is 6.72. The molecule has 104 valence electrons. The highest BCUT2D eigenvalue weighted by Gasteiger charge is 2.24. The van der Waals surface area contributed by atoms with Crippen LogP contribution in [0.3, 0.4) is 0 Å². The maximum absolute atomic E-state index is 11.6. The standard InChI is InChI=1S/C11H20N2O5/c1-7(2)4-5-13(3)11(18)12-8(10(16)17)6-9(14)15/h7-8H,4-6H2,1-3H3,(H,12,18)(H,14,15)(H,16,17). The Morgan fingerprint density at radius 3 is 2.17 bits per heavy atom. The number of carbonyl (C=O) groups is 3. The Labute approximate surface area is 106 Å². The van der Waals surface area contributed by atoms with Crippen LogP contribution in [0.5, 0.6) is 0 Å². The molecule has 1 unspecified atom stereocenters. The van der Waals surface area contributed by atoms with E-state index in [9.17, 15) is 14.4 Å². The van der Waals surface area contributed by atoms with E-state index in [0.29, 0.717) is 12.5 Å². The molecule has 3 N–H and O–H groups in total. The van der Waals surface area contributed by atoms with Crippen LogP contribution in [0, 0.1) is 5.92 Å². The van der Waals surface area contributed by atoms with Gasteiger partial charge >= 0.3 is 18.0 Å². The van der Waals surface area contributed by atoms with Crippen LogP contribution in [0.15, 0.2) is 0 Å². The average Bonchev–Trinajstić information content (AvgIpc) is 2.23. The van der Waals surface area contributed by atoms with Crippen molar-refractivity contribution in [2.45, 2.75) is 32.7 Å². The van der Waals surface area contributed by atoms with Crippen LogP contribution >= 0.6 is 0 Å². The van der Waals surface area contributed by atoms with Gasteiger partial charge in [0.15, 0.2) is 0 Å². The Kier molecular flexibility index (Phi) is 6.77. The van der Waals surface area contributed by atoms with E-state index in [0.717, 1.165) is 6.42 Å². The molecule has 18 heavy (non-hydrogen) atoms. The van der Waals surface area contributed by atoms with E-state index in [-0.39, 0.29) is 0 Å². The molecular formula is C11H20N2O5. The molecule has 7 nitrogen and oxygen atoms in total. The Morgan fingerprint density at radius 2 is 1.78 bits per heavy atom. The van der Waals surface area contributed by atoms with Gasteiger partial charge in [-0.1, -0.05) is 13.8 Å². The maximum Gasteiger partial charge on any atom is 0.326 e. The summed E-state index contributed by atoms with van der Waals surface area (Å²) in [6.07, 6.45) is 0.152. The van der Waals surface area contributed by atoms with Crippen LogP contribution in [0.25, 0.3) is 0 Å². The van der Waals surface area contributed by atoms with Gasteiger partial charge in [-0.15, -0.1) is 0 Å². The van der Waals surface area contributed by atoms with Crippen LogP contribution in [0.1, 0.15) is 26.7 Å². The number of amides is 2. The predicted molar refractivity (Wildman–Crippen MR) is 64.3 cm³/mol. The van der Waals surface area contributed by atoms with E-state index in [1.165, 1.54) is 11.9 Å². The first-order valence-corrected chi connectivity index (χ1v) is 5.70. The molecule has 0 heterocycles. The number of nitrogens with zero attached hydrogens (tertiary/aromatic N) is 1. The van der Waals surface area contributed by atoms with Crippen molar-refractivity contribution in [3.05, 3.63) is 0 Å². The molecule has 7 heteroatoms. The molecule has 0 aromatic rings. The summed E-state index contributed by atoms with van der Waals surface area (Å²) in [5.74, 6) is -2.20. The van der Waals surface area contributed by atoms with E-state index < -0.39 is 30.4 Å². The van der Waals surface area contributed by atoms with Gasteiger partial charge in [-0.3, -0.25) is 4.79 Å². The largest absolute Gasteiger partial charge is 0.481 e. The third-order valence-corrected chi connectivity index (χ3v) is 2.36. The Bertz CT molecular complexity index is 317. The fraction of sp³-hybridized carbons (Fsp3) is 0.727. The van der Waals surface area contributed by atoms with Gasteiger partial charge < -0.3 is 20.4 Å². The zero-order chi connectivity index (χ0) is 14.3. The molecule has 0 rings (SSSR count). The number of aliphatic carboxylic acids is 2. The highest BCUT2D eigenvalue weighted by Crippen LogP contribution is 2.01. The van der Waals surface area contributed by atoms with Crippen LogP contribution in [-0.2, 0) is 9.59 Å². The Balaban J connectivity index is 4.32. The number of carboxylic acid groups (broad SMARTS) is 2. The highest BCUT2D eigenvalue weighted by molar-refractivity contribution is 5.86. The van der Waals surface area contributed by atoms with Crippen molar-refractivity contribution in [2.24, 2.45) is 5.92 Å². The van der Waals surface area contributed by atoms with Gasteiger partial charge in [-0.25, -0.2) is 9.59 Å². The summed E-state index contributed by atoms with van der Waals surface area (Å²) >= 11 is 0. The second-order valence-corrected chi connectivity index (χ2v) is 4.54. The molecule has 0 aromatic heterocycles. The predicted octanol–water partition coefficient (Wildman–Crippen LogP) is 0.602. The Morgan fingerprint density at radius 1 is 1.22 bits per heavy atom. The number of rotatable bonds is 7. The quantitative estimate of drug-likeness (QED) is 0.621. The number of carboxylic acids is 2. The van der Waals surface area contributed by atoms with Gasteiger partial charge in [0.2, 0.25) is 0 Å². The molecule has 0 saturated heterocycles. The molecule has 0 aromatic carbocycles. The molecule has 0 radical (unpaired) electrons. The lowest BCUT2D eigenvalue weighted by Crippen LogP contribution is -2.47. The molecule has 0 saturated carbocycles. The van der Waals surface area contributed by atoms with Gasteiger partial charge in [0, 0.05) is 13.6 Å². The van der Waals surface area contributed by atoms with Crippen LogP contribution in [0.2, 0.25) is 0 Å². The van der Waals surface area contributed by atoms with Crippen LogP contribution in [-0.4, -0.2) is 52.7 Å². The molecule has 0 spiro atoms. The van der Waals surface area contributed by atoms with Gasteiger partial charge in [-0.2, -0.15) is 0 Å². The normalized spacial score (nSPS) is 12.0. The second-order valence-electron chi connectivity index (χ2n) is 4.54. The maximum atomic E-state index is 11.6. The molecule has 0 aliphatic heterocycles. The SMILES string of the molecule is CC(C)CCN(C)C(=O)NC(CC(=O)O)C(=O)O. The minimum absolute atomic E-state index is 0.426. The van der Waals surface area contributed by atoms with E-state index in [1.807, 2.05) is 13.8 Å². The average molecular weight is 260 g/mol. The van der Waals surface area contributed by atoms with Crippen molar-refractivity contribution >= 4 is 18.0 Å². The lowest BCUT2D eigenvalue weighted by atomic mass is 10.1. The lowest BCUT2D eigenvalue weighted by molar-refractivity contribution is -0.145. The minimum atomic E-state index is -1.41. The number of hydrogen-bond donors (Lipinski definition) is 3. The zero-order valence-corrected chi connectivity index (χ0v) is 10.8. The summed E-state index contributed by atoms with van der Waals surface area (Å²) in [5, 5.41) is 19.5. The molecule has 1 atom stereocenters. The number of nitrogens with one attached hydrogen (secondary N) is 1. The number of hydrogen-bond acceptors (Lipinski definition) is 3. The summed E-state index contributed by atoms with van der Waals surface area (Å²) in [4.78, 5) is 34.2. The molecular weight excluding hydrogens is 240 g/mol.